The number of nitrogens with zero attached hydrogens (tertiary/aromatic N) is 2. The minimum atomic E-state index is -3.39. The number of guanidine groups is 1. The third kappa shape index (κ3) is 9.11. The number of hydrogen-bond donors (Lipinski definition) is 3. The molecule has 0 aliphatic carbocycles. The molecule has 0 fully saturated rings. The highest BCUT2D eigenvalue weighted by Crippen LogP contribution is 1.99. The fourth-order valence-corrected chi connectivity index (χ4v) is 2.93. The molecule has 0 unspecified atom stereocenters. The average Bonchev–Trinajstić information content (AvgIpc) is 2.62. The molecular weight excluding hydrogens is 465 g/mol. The number of benzene rings is 1. The molecule has 26 heavy (non-hydrogen) atoms. The summed E-state index contributed by atoms with van der Waals surface area (Å²) in [5.41, 5.74) is 7.60. The lowest BCUT2D eigenvalue weighted by molar-refractivity contribution is 0.581. The Morgan fingerprint density at radius 2 is 1.85 bits per heavy atom. The Bertz CT molecular complexity index is 770. The minimum absolute atomic E-state index is 0. The summed E-state index contributed by atoms with van der Waals surface area (Å²) < 4.78 is 26.4. The van der Waals surface area contributed by atoms with Crippen molar-refractivity contribution in [3.63, 3.8) is 0 Å². The SMILES string of the molecule is I.NC(=NCCS(=O)(=O)NCc1ccccc1)NCCc1ccccn1. The van der Waals surface area contributed by atoms with Gasteiger partial charge in [0, 0.05) is 31.4 Å². The van der Waals surface area contributed by atoms with Gasteiger partial charge in [0.25, 0.3) is 0 Å². The van der Waals surface area contributed by atoms with Crippen molar-refractivity contribution in [3.8, 4) is 0 Å². The smallest absolute Gasteiger partial charge is 0.213 e. The van der Waals surface area contributed by atoms with Crippen LogP contribution >= 0.6 is 24.0 Å². The van der Waals surface area contributed by atoms with Gasteiger partial charge in [-0.25, -0.2) is 13.1 Å². The van der Waals surface area contributed by atoms with Crippen molar-refractivity contribution in [2.24, 2.45) is 10.7 Å². The molecule has 9 heteroatoms. The third-order valence-corrected chi connectivity index (χ3v) is 4.70. The molecule has 0 aliphatic heterocycles. The number of aliphatic imine (C=N–C) groups is 1. The maximum atomic E-state index is 11.9. The van der Waals surface area contributed by atoms with Crippen LogP contribution in [0.1, 0.15) is 11.3 Å². The van der Waals surface area contributed by atoms with Gasteiger partial charge in [-0.2, -0.15) is 0 Å². The van der Waals surface area contributed by atoms with Crippen LogP contribution in [0.2, 0.25) is 0 Å². The van der Waals surface area contributed by atoms with Gasteiger partial charge in [0.1, 0.15) is 0 Å². The molecule has 1 aromatic carbocycles. The van der Waals surface area contributed by atoms with Crippen molar-refractivity contribution >= 4 is 40.0 Å². The van der Waals surface area contributed by atoms with Gasteiger partial charge in [0.05, 0.1) is 12.3 Å². The molecule has 0 spiro atoms. The molecule has 0 amide bonds. The molecule has 7 nitrogen and oxygen atoms in total. The van der Waals surface area contributed by atoms with Gasteiger partial charge < -0.3 is 11.1 Å². The van der Waals surface area contributed by atoms with E-state index in [0.717, 1.165) is 11.3 Å². The monoisotopic (exact) mass is 489 g/mol. The van der Waals surface area contributed by atoms with Crippen LogP contribution in [0.5, 0.6) is 0 Å². The first-order chi connectivity index (χ1) is 12.1. The van der Waals surface area contributed by atoms with E-state index in [4.69, 9.17) is 5.73 Å². The summed E-state index contributed by atoms with van der Waals surface area (Å²) in [6.45, 7) is 0.961. The van der Waals surface area contributed by atoms with Crippen molar-refractivity contribution in [2.45, 2.75) is 13.0 Å². The van der Waals surface area contributed by atoms with Gasteiger partial charge in [-0.05, 0) is 17.7 Å². The van der Waals surface area contributed by atoms with Crippen molar-refractivity contribution in [1.29, 1.82) is 0 Å². The van der Waals surface area contributed by atoms with Crippen molar-refractivity contribution < 1.29 is 8.42 Å². The van der Waals surface area contributed by atoms with Crippen LogP contribution in [0.4, 0.5) is 0 Å². The summed E-state index contributed by atoms with van der Waals surface area (Å²) in [7, 11) is -3.39. The molecule has 142 valence electrons. The molecule has 0 bridgehead atoms. The molecule has 0 atom stereocenters. The van der Waals surface area contributed by atoms with Crippen molar-refractivity contribution in [2.75, 3.05) is 18.8 Å². The number of halogens is 1. The Morgan fingerprint density at radius 1 is 1.12 bits per heavy atom. The molecule has 0 radical (unpaired) electrons. The van der Waals surface area contributed by atoms with Gasteiger partial charge in [0.15, 0.2) is 5.96 Å². The zero-order valence-corrected chi connectivity index (χ0v) is 17.5. The lowest BCUT2D eigenvalue weighted by Crippen LogP contribution is -2.34. The second-order valence-corrected chi connectivity index (χ2v) is 7.32. The van der Waals surface area contributed by atoms with Gasteiger partial charge in [-0.3, -0.25) is 9.98 Å². The second kappa shape index (κ2) is 11.8. The lowest BCUT2D eigenvalue weighted by atomic mass is 10.2. The molecule has 2 aromatic rings. The zero-order chi connectivity index (χ0) is 18.0. The Hall–Kier alpha value is -1.72. The first-order valence-electron chi connectivity index (χ1n) is 8.00. The summed E-state index contributed by atoms with van der Waals surface area (Å²) in [6.07, 6.45) is 2.45. The van der Waals surface area contributed by atoms with E-state index in [9.17, 15) is 8.42 Å². The van der Waals surface area contributed by atoms with E-state index < -0.39 is 10.0 Å². The van der Waals surface area contributed by atoms with E-state index in [-0.39, 0.29) is 48.8 Å². The summed E-state index contributed by atoms with van der Waals surface area (Å²) in [5, 5.41) is 2.95. The van der Waals surface area contributed by atoms with E-state index in [2.05, 4.69) is 20.0 Å². The molecule has 1 aromatic heterocycles. The average molecular weight is 489 g/mol. The summed E-state index contributed by atoms with van der Waals surface area (Å²) in [5.74, 6) is 0.122. The van der Waals surface area contributed by atoms with E-state index >= 15 is 0 Å². The van der Waals surface area contributed by atoms with Gasteiger partial charge in [-0.1, -0.05) is 36.4 Å². The summed E-state index contributed by atoms with van der Waals surface area (Å²) >= 11 is 0. The summed E-state index contributed by atoms with van der Waals surface area (Å²) in [4.78, 5) is 8.25. The number of sulfonamides is 1. The Kier molecular flexibility index (Phi) is 10.1. The van der Waals surface area contributed by atoms with Crippen LogP contribution in [0.25, 0.3) is 0 Å². The molecule has 2 rings (SSSR count). The zero-order valence-electron chi connectivity index (χ0n) is 14.3. The van der Waals surface area contributed by atoms with Gasteiger partial charge in [0.2, 0.25) is 10.0 Å². The van der Waals surface area contributed by atoms with Crippen LogP contribution < -0.4 is 15.8 Å². The van der Waals surface area contributed by atoms with Crippen molar-refractivity contribution in [3.05, 3.63) is 66.0 Å². The number of nitrogens with one attached hydrogen (secondary N) is 2. The van der Waals surface area contributed by atoms with Crippen LogP contribution in [0.15, 0.2) is 59.7 Å². The third-order valence-electron chi connectivity index (χ3n) is 3.39. The largest absolute Gasteiger partial charge is 0.370 e. The molecule has 0 saturated heterocycles. The topological polar surface area (TPSA) is 109 Å². The fourth-order valence-electron chi connectivity index (χ4n) is 2.07. The van der Waals surface area contributed by atoms with Crippen LogP contribution in [0, 0.1) is 0 Å². The van der Waals surface area contributed by atoms with Crippen molar-refractivity contribution in [1.82, 2.24) is 15.0 Å². The van der Waals surface area contributed by atoms with Crippen LogP contribution in [-0.2, 0) is 23.0 Å². The Morgan fingerprint density at radius 3 is 2.54 bits per heavy atom. The molecule has 1 heterocycles. The number of hydrogen-bond acceptors (Lipinski definition) is 4. The molecular formula is C17H24IN5O2S. The number of rotatable bonds is 9. The lowest BCUT2D eigenvalue weighted by Gasteiger charge is -2.07. The van der Waals surface area contributed by atoms with Crippen LogP contribution in [-0.4, -0.2) is 38.2 Å². The number of nitrogens with two attached hydrogens (primary N) is 1. The molecule has 0 saturated carbocycles. The van der Waals surface area contributed by atoms with Gasteiger partial charge in [-0.15, -0.1) is 24.0 Å². The quantitative estimate of drug-likeness (QED) is 0.279. The predicted molar refractivity (Wildman–Crippen MR) is 115 cm³/mol. The van der Waals surface area contributed by atoms with E-state index in [0.29, 0.717) is 13.0 Å². The molecule has 4 N–H and O–H groups in total. The van der Waals surface area contributed by atoms with Crippen LogP contribution in [0.3, 0.4) is 0 Å². The summed E-state index contributed by atoms with van der Waals surface area (Å²) in [6, 6.07) is 15.1. The second-order valence-electron chi connectivity index (χ2n) is 5.39. The highest BCUT2D eigenvalue weighted by Gasteiger charge is 2.09. The Balaban J connectivity index is 0.00000338. The molecule has 0 aliphatic rings. The standard InChI is InChI=1S/C17H23N5O2S.HI/c18-17(20-11-9-16-8-4-5-10-19-16)21-12-13-25(23,24)22-14-15-6-2-1-3-7-15;/h1-8,10,22H,9,11-14H2,(H3,18,20,21);1H. The van der Waals surface area contributed by atoms with Gasteiger partial charge >= 0.3 is 0 Å². The number of pyridine rings is 1. The van der Waals surface area contributed by atoms with E-state index in [1.165, 1.54) is 0 Å². The number of aromatic nitrogens is 1. The maximum absolute atomic E-state index is 11.9. The predicted octanol–water partition coefficient (Wildman–Crippen LogP) is 1.27. The normalized spacial score (nSPS) is 11.6. The first-order valence-corrected chi connectivity index (χ1v) is 9.65. The Labute approximate surface area is 171 Å². The van der Waals surface area contributed by atoms with E-state index in [1.54, 1.807) is 6.20 Å². The first kappa shape index (κ1) is 22.3. The minimum Gasteiger partial charge on any atom is -0.370 e. The highest BCUT2D eigenvalue weighted by atomic mass is 127. The van der Waals surface area contributed by atoms with E-state index in [1.807, 2.05) is 48.5 Å². The maximum Gasteiger partial charge on any atom is 0.213 e. The fraction of sp³-hybridized carbons (Fsp3) is 0.294. The highest BCUT2D eigenvalue weighted by molar-refractivity contribution is 14.0.